The molecule has 90 valence electrons. The van der Waals surface area contributed by atoms with Crippen molar-refractivity contribution in [3.63, 3.8) is 0 Å². The third-order valence-electron chi connectivity index (χ3n) is 3.03. The molecule has 0 bridgehead atoms. The minimum absolute atomic E-state index is 0.0638. The number of aryl methyl sites for hydroxylation is 2. The largest absolute Gasteiger partial charge is 0.386 e. The molecule has 1 heterocycles. The van der Waals surface area contributed by atoms with E-state index in [1.165, 1.54) is 0 Å². The number of hydrogen-bond acceptors (Lipinski definition) is 2. The molecule has 2 rings (SSSR count). The van der Waals surface area contributed by atoms with Crippen LogP contribution in [0.1, 0.15) is 36.0 Å². The summed E-state index contributed by atoms with van der Waals surface area (Å²) in [5.74, 6) is 0. The molecule has 0 aliphatic rings. The lowest BCUT2D eigenvalue weighted by Crippen LogP contribution is -2.17. The fraction of sp³-hybridized carbons (Fsp3) is 0.357. The summed E-state index contributed by atoms with van der Waals surface area (Å²) in [6.07, 6.45) is -0.533. The van der Waals surface area contributed by atoms with Crippen molar-refractivity contribution in [3.05, 3.63) is 53.3 Å². The van der Waals surface area contributed by atoms with E-state index in [1.807, 2.05) is 61.9 Å². The maximum absolute atomic E-state index is 10.3. The van der Waals surface area contributed by atoms with Gasteiger partial charge in [0.15, 0.2) is 0 Å². The Hall–Kier alpha value is -1.61. The molecule has 0 saturated carbocycles. The van der Waals surface area contributed by atoms with Gasteiger partial charge in [-0.25, -0.2) is 0 Å². The Kier molecular flexibility index (Phi) is 3.29. The molecule has 0 aliphatic carbocycles. The molecule has 0 amide bonds. The lowest BCUT2D eigenvalue weighted by Gasteiger charge is -2.21. The molecule has 1 N–H and O–H groups in total. The van der Waals surface area contributed by atoms with E-state index in [0.29, 0.717) is 0 Å². The fourth-order valence-corrected chi connectivity index (χ4v) is 2.12. The van der Waals surface area contributed by atoms with E-state index < -0.39 is 6.10 Å². The summed E-state index contributed by atoms with van der Waals surface area (Å²) in [4.78, 5) is 0. The number of nitrogens with zero attached hydrogens (tertiary/aromatic N) is 2. The highest BCUT2D eigenvalue weighted by Gasteiger charge is 2.19. The van der Waals surface area contributed by atoms with Crippen LogP contribution in [0, 0.1) is 13.8 Å². The van der Waals surface area contributed by atoms with Crippen molar-refractivity contribution < 1.29 is 5.11 Å². The van der Waals surface area contributed by atoms with E-state index >= 15 is 0 Å². The van der Waals surface area contributed by atoms with E-state index in [0.717, 1.165) is 17.0 Å². The van der Waals surface area contributed by atoms with Crippen LogP contribution in [0.25, 0.3) is 0 Å². The smallest absolute Gasteiger partial charge is 0.101 e. The van der Waals surface area contributed by atoms with E-state index in [1.54, 1.807) is 0 Å². The Morgan fingerprint density at radius 3 is 2.35 bits per heavy atom. The van der Waals surface area contributed by atoms with Crippen LogP contribution < -0.4 is 0 Å². The molecule has 3 heteroatoms. The Labute approximate surface area is 102 Å². The van der Waals surface area contributed by atoms with Crippen LogP contribution in [0.15, 0.2) is 36.4 Å². The summed E-state index contributed by atoms with van der Waals surface area (Å²) >= 11 is 0. The molecule has 0 fully saturated rings. The fourth-order valence-electron chi connectivity index (χ4n) is 2.12. The molecule has 2 atom stereocenters. The first-order valence-electron chi connectivity index (χ1n) is 5.85. The van der Waals surface area contributed by atoms with E-state index in [4.69, 9.17) is 0 Å². The van der Waals surface area contributed by atoms with Gasteiger partial charge >= 0.3 is 0 Å². The van der Waals surface area contributed by atoms with E-state index in [-0.39, 0.29) is 6.04 Å². The van der Waals surface area contributed by atoms with Gasteiger partial charge in [-0.05, 0) is 32.4 Å². The van der Waals surface area contributed by atoms with Crippen LogP contribution >= 0.6 is 0 Å². The zero-order valence-corrected chi connectivity index (χ0v) is 10.5. The Balaban J connectivity index is 2.26. The third-order valence-corrected chi connectivity index (χ3v) is 3.03. The summed E-state index contributed by atoms with van der Waals surface area (Å²) in [6, 6.07) is 11.7. The second kappa shape index (κ2) is 4.72. The SMILES string of the molecule is Cc1cc(C)n(C(C)C(O)c2ccccc2)n1. The normalized spacial score (nSPS) is 14.6. The number of aromatic nitrogens is 2. The number of rotatable bonds is 3. The highest BCUT2D eigenvalue weighted by Crippen LogP contribution is 2.26. The zero-order chi connectivity index (χ0) is 12.4. The Morgan fingerprint density at radius 2 is 1.82 bits per heavy atom. The number of aliphatic hydroxyl groups excluding tert-OH is 1. The molecule has 1 aromatic heterocycles. The van der Waals surface area contributed by atoms with Crippen LogP contribution in [0.5, 0.6) is 0 Å². The predicted octanol–water partition coefficient (Wildman–Crippen LogP) is 2.79. The molecule has 2 aromatic rings. The van der Waals surface area contributed by atoms with Crippen molar-refractivity contribution in [1.29, 1.82) is 0 Å². The molecule has 0 spiro atoms. The number of benzene rings is 1. The molecule has 0 aliphatic heterocycles. The maximum Gasteiger partial charge on any atom is 0.101 e. The minimum Gasteiger partial charge on any atom is -0.386 e. The molecular weight excluding hydrogens is 212 g/mol. The van der Waals surface area contributed by atoms with Crippen LogP contribution in [0.3, 0.4) is 0 Å². The van der Waals surface area contributed by atoms with Gasteiger partial charge < -0.3 is 5.11 Å². The van der Waals surface area contributed by atoms with Gasteiger partial charge in [-0.2, -0.15) is 5.10 Å². The molecule has 2 unspecified atom stereocenters. The predicted molar refractivity (Wildman–Crippen MR) is 67.8 cm³/mol. The standard InChI is InChI=1S/C14H18N2O/c1-10-9-11(2)16(15-10)12(3)14(17)13-7-5-4-6-8-13/h4-9,12,14,17H,1-3H3. The zero-order valence-electron chi connectivity index (χ0n) is 10.5. The van der Waals surface area contributed by atoms with Crippen molar-refractivity contribution in [2.75, 3.05) is 0 Å². The quantitative estimate of drug-likeness (QED) is 0.880. The average Bonchev–Trinajstić information content (AvgIpc) is 2.68. The van der Waals surface area contributed by atoms with Crippen molar-refractivity contribution >= 4 is 0 Å². The maximum atomic E-state index is 10.3. The third kappa shape index (κ3) is 2.39. The Bertz CT molecular complexity index is 490. The summed E-state index contributed by atoms with van der Waals surface area (Å²) < 4.78 is 1.88. The van der Waals surface area contributed by atoms with Gasteiger partial charge in [-0.3, -0.25) is 4.68 Å². The lowest BCUT2D eigenvalue weighted by atomic mass is 10.0. The van der Waals surface area contributed by atoms with Crippen molar-refractivity contribution in [3.8, 4) is 0 Å². The van der Waals surface area contributed by atoms with Crippen molar-refractivity contribution in [1.82, 2.24) is 9.78 Å². The topological polar surface area (TPSA) is 38.0 Å². The van der Waals surface area contributed by atoms with Gasteiger partial charge in [-0.15, -0.1) is 0 Å². The lowest BCUT2D eigenvalue weighted by molar-refractivity contribution is 0.114. The monoisotopic (exact) mass is 230 g/mol. The van der Waals surface area contributed by atoms with Crippen LogP contribution in [-0.4, -0.2) is 14.9 Å². The van der Waals surface area contributed by atoms with E-state index in [2.05, 4.69) is 5.10 Å². The minimum atomic E-state index is -0.533. The summed E-state index contributed by atoms with van der Waals surface area (Å²) in [5, 5.41) is 14.7. The van der Waals surface area contributed by atoms with Gasteiger partial charge in [0.05, 0.1) is 11.7 Å². The summed E-state index contributed by atoms with van der Waals surface area (Å²) in [7, 11) is 0. The van der Waals surface area contributed by atoms with Gasteiger partial charge in [0, 0.05) is 5.69 Å². The highest BCUT2D eigenvalue weighted by molar-refractivity contribution is 5.19. The second-order valence-electron chi connectivity index (χ2n) is 4.47. The molecule has 17 heavy (non-hydrogen) atoms. The van der Waals surface area contributed by atoms with Crippen LogP contribution in [-0.2, 0) is 0 Å². The van der Waals surface area contributed by atoms with Crippen LogP contribution in [0.2, 0.25) is 0 Å². The molecule has 3 nitrogen and oxygen atoms in total. The summed E-state index contributed by atoms with van der Waals surface area (Å²) in [6.45, 7) is 5.95. The number of aliphatic hydroxyl groups is 1. The van der Waals surface area contributed by atoms with Gasteiger partial charge in [0.25, 0.3) is 0 Å². The van der Waals surface area contributed by atoms with Crippen molar-refractivity contribution in [2.24, 2.45) is 0 Å². The average molecular weight is 230 g/mol. The second-order valence-corrected chi connectivity index (χ2v) is 4.47. The first-order valence-corrected chi connectivity index (χ1v) is 5.85. The van der Waals surface area contributed by atoms with Crippen LogP contribution in [0.4, 0.5) is 0 Å². The first kappa shape index (κ1) is 11.9. The highest BCUT2D eigenvalue weighted by atomic mass is 16.3. The van der Waals surface area contributed by atoms with Gasteiger partial charge in [0.2, 0.25) is 0 Å². The summed E-state index contributed by atoms with van der Waals surface area (Å²) in [5.41, 5.74) is 2.98. The first-order chi connectivity index (χ1) is 8.09. The van der Waals surface area contributed by atoms with Gasteiger partial charge in [-0.1, -0.05) is 30.3 Å². The Morgan fingerprint density at radius 1 is 1.18 bits per heavy atom. The molecule has 0 saturated heterocycles. The number of hydrogen-bond donors (Lipinski definition) is 1. The molecule has 0 radical (unpaired) electrons. The van der Waals surface area contributed by atoms with E-state index in [9.17, 15) is 5.11 Å². The molecular formula is C14H18N2O. The van der Waals surface area contributed by atoms with Crippen molar-refractivity contribution in [2.45, 2.75) is 32.9 Å². The molecule has 1 aromatic carbocycles. The van der Waals surface area contributed by atoms with Gasteiger partial charge in [0.1, 0.15) is 6.10 Å².